The number of hydrogen-bond donors (Lipinski definition) is 2. The van der Waals surface area contributed by atoms with E-state index in [1.807, 2.05) is 13.2 Å². The Labute approximate surface area is 115 Å². The van der Waals surface area contributed by atoms with E-state index in [-0.39, 0.29) is 12.1 Å². The summed E-state index contributed by atoms with van der Waals surface area (Å²) in [6, 6.07) is 0.641. The third-order valence-electron chi connectivity index (χ3n) is 4.82. The predicted octanol–water partition coefficient (Wildman–Crippen LogP) is 2.35. The van der Waals surface area contributed by atoms with E-state index in [0.29, 0.717) is 6.04 Å². The Morgan fingerprint density at radius 3 is 2.89 bits per heavy atom. The number of nitrogens with one attached hydrogen (secondary N) is 1. The van der Waals surface area contributed by atoms with Gasteiger partial charge in [-0.3, -0.25) is 4.68 Å². The molecule has 0 spiro atoms. The van der Waals surface area contributed by atoms with E-state index in [0.717, 1.165) is 25.7 Å². The zero-order chi connectivity index (χ0) is 13.2. The molecule has 2 aliphatic rings. The summed E-state index contributed by atoms with van der Waals surface area (Å²) in [5.41, 5.74) is 2.71. The van der Waals surface area contributed by atoms with Crippen LogP contribution < -0.4 is 5.32 Å². The molecule has 1 aromatic rings. The van der Waals surface area contributed by atoms with Gasteiger partial charge >= 0.3 is 0 Å². The van der Waals surface area contributed by atoms with Crippen molar-refractivity contribution in [1.29, 1.82) is 0 Å². The fraction of sp³-hybridized carbons (Fsp3) is 0.800. The average Bonchev–Trinajstić information content (AvgIpc) is 2.75. The van der Waals surface area contributed by atoms with E-state index in [9.17, 15) is 5.11 Å². The maximum atomic E-state index is 10.4. The quantitative estimate of drug-likeness (QED) is 0.805. The molecule has 0 bridgehead atoms. The lowest BCUT2D eigenvalue weighted by Gasteiger charge is -2.27. The van der Waals surface area contributed by atoms with Crippen LogP contribution in [-0.4, -0.2) is 28.0 Å². The molecule has 0 aromatic carbocycles. The monoisotopic (exact) mass is 263 g/mol. The van der Waals surface area contributed by atoms with Crippen molar-refractivity contribution >= 4 is 0 Å². The van der Waals surface area contributed by atoms with Crippen molar-refractivity contribution in [3.8, 4) is 0 Å². The molecule has 1 aromatic heterocycles. The van der Waals surface area contributed by atoms with Gasteiger partial charge in [-0.25, -0.2) is 0 Å². The van der Waals surface area contributed by atoms with Crippen molar-refractivity contribution < 1.29 is 5.11 Å². The van der Waals surface area contributed by atoms with E-state index in [1.54, 1.807) is 0 Å². The van der Waals surface area contributed by atoms with Gasteiger partial charge in [-0.2, -0.15) is 5.10 Å². The van der Waals surface area contributed by atoms with Crippen LogP contribution in [0.25, 0.3) is 0 Å². The smallest absolute Gasteiger partial charge is 0.0781 e. The van der Waals surface area contributed by atoms with Crippen LogP contribution in [0.15, 0.2) is 6.20 Å². The van der Waals surface area contributed by atoms with E-state index < -0.39 is 0 Å². The first-order valence-corrected chi connectivity index (χ1v) is 7.73. The Balaban J connectivity index is 1.90. The first kappa shape index (κ1) is 13.1. The molecule has 2 N–H and O–H groups in total. The van der Waals surface area contributed by atoms with Crippen molar-refractivity contribution in [3.05, 3.63) is 17.5 Å². The van der Waals surface area contributed by atoms with Gasteiger partial charge in [0.05, 0.1) is 18.3 Å². The van der Waals surface area contributed by atoms with Crippen LogP contribution in [0.5, 0.6) is 0 Å². The highest BCUT2D eigenvalue weighted by atomic mass is 16.3. The highest BCUT2D eigenvalue weighted by Crippen LogP contribution is 2.34. The number of hydrogen-bond acceptors (Lipinski definition) is 3. The second kappa shape index (κ2) is 5.63. The molecule has 0 radical (unpaired) electrons. The standard InChI is InChI=1S/C15H25N3O/c1-16-12-6-5-8-13-11(12)10-17-18(13)14-7-3-2-4-9-15(14)19/h10,12,14-16,19H,2-9H2,1H3. The van der Waals surface area contributed by atoms with Crippen LogP contribution in [0, 0.1) is 0 Å². The van der Waals surface area contributed by atoms with E-state index >= 15 is 0 Å². The summed E-state index contributed by atoms with van der Waals surface area (Å²) in [4.78, 5) is 0. The minimum atomic E-state index is -0.221. The summed E-state index contributed by atoms with van der Waals surface area (Å²) in [5.74, 6) is 0. The molecule has 4 nitrogen and oxygen atoms in total. The van der Waals surface area contributed by atoms with Crippen LogP contribution in [0.2, 0.25) is 0 Å². The molecule has 0 aliphatic heterocycles. The van der Waals surface area contributed by atoms with Gasteiger partial charge in [-0.1, -0.05) is 19.3 Å². The maximum absolute atomic E-state index is 10.4. The fourth-order valence-corrected chi connectivity index (χ4v) is 3.72. The van der Waals surface area contributed by atoms with Crippen molar-refractivity contribution in [2.75, 3.05) is 7.05 Å². The molecule has 3 atom stereocenters. The number of aliphatic hydroxyl groups is 1. The lowest BCUT2D eigenvalue weighted by Crippen LogP contribution is -2.28. The summed E-state index contributed by atoms with van der Waals surface area (Å²) < 4.78 is 2.15. The molecular weight excluding hydrogens is 238 g/mol. The number of rotatable bonds is 2. The second-order valence-corrected chi connectivity index (χ2v) is 6.00. The molecule has 0 amide bonds. The van der Waals surface area contributed by atoms with Crippen molar-refractivity contribution in [3.63, 3.8) is 0 Å². The van der Waals surface area contributed by atoms with Crippen LogP contribution in [-0.2, 0) is 6.42 Å². The Bertz CT molecular complexity index is 429. The first-order valence-electron chi connectivity index (χ1n) is 7.73. The third-order valence-corrected chi connectivity index (χ3v) is 4.82. The molecule has 19 heavy (non-hydrogen) atoms. The summed E-state index contributed by atoms with van der Waals surface area (Å²) in [5, 5.41) is 18.4. The third kappa shape index (κ3) is 2.43. The molecule has 106 valence electrons. The molecule has 3 unspecified atom stereocenters. The van der Waals surface area contributed by atoms with Crippen LogP contribution in [0.1, 0.15) is 68.3 Å². The average molecular weight is 263 g/mol. The summed E-state index contributed by atoms with van der Waals surface area (Å²) in [6.07, 6.45) is 10.9. The molecule has 1 heterocycles. The van der Waals surface area contributed by atoms with Crippen LogP contribution >= 0.6 is 0 Å². The van der Waals surface area contributed by atoms with Crippen molar-refractivity contribution in [2.24, 2.45) is 0 Å². The van der Waals surface area contributed by atoms with Gasteiger partial charge in [0.2, 0.25) is 0 Å². The second-order valence-electron chi connectivity index (χ2n) is 6.00. The lowest BCUT2D eigenvalue weighted by atomic mass is 9.92. The molecule has 1 saturated carbocycles. The Morgan fingerprint density at radius 1 is 1.21 bits per heavy atom. The minimum absolute atomic E-state index is 0.196. The molecular formula is C15H25N3O. The highest BCUT2D eigenvalue weighted by Gasteiger charge is 2.29. The predicted molar refractivity (Wildman–Crippen MR) is 75.1 cm³/mol. The highest BCUT2D eigenvalue weighted by molar-refractivity contribution is 5.25. The van der Waals surface area contributed by atoms with Gasteiger partial charge in [0, 0.05) is 17.3 Å². The number of aromatic nitrogens is 2. The molecule has 2 aliphatic carbocycles. The number of aliphatic hydroxyl groups excluding tert-OH is 1. The maximum Gasteiger partial charge on any atom is 0.0781 e. The SMILES string of the molecule is CNC1CCCc2c1cnn2C1CCCCCC1O. The largest absolute Gasteiger partial charge is 0.391 e. The van der Waals surface area contributed by atoms with E-state index in [4.69, 9.17) is 0 Å². The van der Waals surface area contributed by atoms with E-state index in [2.05, 4.69) is 15.1 Å². The Hall–Kier alpha value is -0.870. The molecule has 3 rings (SSSR count). The van der Waals surface area contributed by atoms with Gasteiger partial charge in [-0.05, 0) is 39.2 Å². The molecule has 1 fully saturated rings. The number of nitrogens with zero attached hydrogens (tertiary/aromatic N) is 2. The van der Waals surface area contributed by atoms with Gasteiger partial charge in [0.25, 0.3) is 0 Å². The zero-order valence-electron chi connectivity index (χ0n) is 11.8. The fourth-order valence-electron chi connectivity index (χ4n) is 3.72. The first-order chi connectivity index (χ1) is 9.31. The lowest BCUT2D eigenvalue weighted by molar-refractivity contribution is 0.0971. The van der Waals surface area contributed by atoms with Gasteiger partial charge in [0.15, 0.2) is 0 Å². The summed E-state index contributed by atoms with van der Waals surface area (Å²) in [7, 11) is 2.03. The van der Waals surface area contributed by atoms with E-state index in [1.165, 1.54) is 36.9 Å². The minimum Gasteiger partial charge on any atom is -0.391 e. The van der Waals surface area contributed by atoms with Crippen molar-refractivity contribution in [2.45, 2.75) is 69.6 Å². The Kier molecular flexibility index (Phi) is 3.89. The topological polar surface area (TPSA) is 50.1 Å². The molecule has 4 heteroatoms. The van der Waals surface area contributed by atoms with Gasteiger partial charge < -0.3 is 10.4 Å². The summed E-state index contributed by atoms with van der Waals surface area (Å²) >= 11 is 0. The van der Waals surface area contributed by atoms with Crippen LogP contribution in [0.3, 0.4) is 0 Å². The van der Waals surface area contributed by atoms with Crippen LogP contribution in [0.4, 0.5) is 0 Å². The normalized spacial score (nSPS) is 31.8. The number of fused-ring (bicyclic) bond motifs is 1. The van der Waals surface area contributed by atoms with Crippen molar-refractivity contribution in [1.82, 2.24) is 15.1 Å². The summed E-state index contributed by atoms with van der Waals surface area (Å²) in [6.45, 7) is 0. The van der Waals surface area contributed by atoms with Gasteiger partial charge in [-0.15, -0.1) is 0 Å². The van der Waals surface area contributed by atoms with Gasteiger partial charge in [0.1, 0.15) is 0 Å². The molecule has 0 saturated heterocycles. The Morgan fingerprint density at radius 2 is 2.05 bits per heavy atom. The zero-order valence-corrected chi connectivity index (χ0v) is 11.8.